The normalized spacial score (nSPS) is 17.0. The van der Waals surface area contributed by atoms with Gasteiger partial charge in [-0.15, -0.1) is 0 Å². The van der Waals surface area contributed by atoms with Gasteiger partial charge in [0, 0.05) is 36.3 Å². The van der Waals surface area contributed by atoms with E-state index in [9.17, 15) is 0 Å². The van der Waals surface area contributed by atoms with Crippen LogP contribution in [0.3, 0.4) is 0 Å². The number of β-amino-alcohol motifs (C(OH)–C–C–N with tert-alkyl or cyclic N) is 1. The molecule has 102 valence electrons. The highest BCUT2D eigenvalue weighted by atomic mass is 79.9. The second-order valence-corrected chi connectivity index (χ2v) is 5.63. The van der Waals surface area contributed by atoms with Crippen LogP contribution < -0.4 is 4.90 Å². The minimum absolute atomic E-state index is 0.218. The van der Waals surface area contributed by atoms with Gasteiger partial charge in [-0.25, -0.2) is 0 Å². The molecule has 1 aliphatic heterocycles. The SMILES string of the molecule is N#Cc1cc(Br)cc(N2CCCN(CCO)CC2)c1. The maximum Gasteiger partial charge on any atom is 0.0992 e. The molecule has 1 heterocycles. The first-order chi connectivity index (χ1) is 9.22. The van der Waals surface area contributed by atoms with E-state index in [-0.39, 0.29) is 6.61 Å². The lowest BCUT2D eigenvalue weighted by Gasteiger charge is -2.23. The topological polar surface area (TPSA) is 50.5 Å². The van der Waals surface area contributed by atoms with E-state index < -0.39 is 0 Å². The first kappa shape index (κ1) is 14.3. The van der Waals surface area contributed by atoms with Gasteiger partial charge in [-0.1, -0.05) is 15.9 Å². The van der Waals surface area contributed by atoms with E-state index in [0.717, 1.165) is 49.3 Å². The first-order valence-electron chi connectivity index (χ1n) is 6.52. The number of hydrogen-bond acceptors (Lipinski definition) is 4. The second kappa shape index (κ2) is 6.90. The largest absolute Gasteiger partial charge is 0.395 e. The molecule has 1 aromatic carbocycles. The first-order valence-corrected chi connectivity index (χ1v) is 7.31. The van der Waals surface area contributed by atoms with Crippen LogP contribution in [0.25, 0.3) is 0 Å². The fourth-order valence-corrected chi connectivity index (χ4v) is 2.90. The van der Waals surface area contributed by atoms with Gasteiger partial charge in [0.1, 0.15) is 0 Å². The zero-order valence-electron chi connectivity index (χ0n) is 10.8. The summed E-state index contributed by atoms with van der Waals surface area (Å²) in [7, 11) is 0. The Bertz CT molecular complexity index is 472. The van der Waals surface area contributed by atoms with Crippen molar-refractivity contribution in [2.75, 3.05) is 44.2 Å². The summed E-state index contributed by atoms with van der Waals surface area (Å²) in [5, 5.41) is 18.0. The molecule has 1 fully saturated rings. The van der Waals surface area contributed by atoms with Crippen molar-refractivity contribution in [2.45, 2.75) is 6.42 Å². The Morgan fingerprint density at radius 2 is 2.05 bits per heavy atom. The van der Waals surface area contributed by atoms with Crippen molar-refractivity contribution in [1.29, 1.82) is 5.26 Å². The van der Waals surface area contributed by atoms with E-state index in [1.54, 1.807) is 0 Å². The fourth-order valence-electron chi connectivity index (χ4n) is 2.42. The lowest BCUT2D eigenvalue weighted by atomic mass is 10.2. The van der Waals surface area contributed by atoms with Gasteiger partial charge in [-0.05, 0) is 31.2 Å². The van der Waals surface area contributed by atoms with Gasteiger partial charge in [-0.2, -0.15) is 5.26 Å². The van der Waals surface area contributed by atoms with Crippen molar-refractivity contribution in [3.05, 3.63) is 28.2 Å². The molecule has 0 amide bonds. The van der Waals surface area contributed by atoms with Crippen LogP contribution in [0.5, 0.6) is 0 Å². The van der Waals surface area contributed by atoms with Gasteiger partial charge in [0.25, 0.3) is 0 Å². The summed E-state index contributed by atoms with van der Waals surface area (Å²) >= 11 is 3.46. The maximum atomic E-state index is 9.03. The van der Waals surface area contributed by atoms with Crippen LogP contribution in [0.4, 0.5) is 5.69 Å². The molecule has 4 nitrogen and oxygen atoms in total. The molecule has 0 aliphatic carbocycles. The molecule has 1 aromatic rings. The van der Waals surface area contributed by atoms with Crippen LogP contribution in [-0.2, 0) is 0 Å². The molecule has 1 saturated heterocycles. The predicted molar refractivity (Wildman–Crippen MR) is 79.2 cm³/mol. The van der Waals surface area contributed by atoms with Crippen molar-refractivity contribution in [1.82, 2.24) is 4.90 Å². The van der Waals surface area contributed by atoms with Crippen molar-refractivity contribution in [3.8, 4) is 6.07 Å². The van der Waals surface area contributed by atoms with E-state index in [1.165, 1.54) is 0 Å². The average molecular weight is 324 g/mol. The molecular weight excluding hydrogens is 306 g/mol. The zero-order chi connectivity index (χ0) is 13.7. The van der Waals surface area contributed by atoms with Gasteiger partial charge < -0.3 is 10.0 Å². The lowest BCUT2D eigenvalue weighted by Crippen LogP contribution is -2.32. The number of benzene rings is 1. The maximum absolute atomic E-state index is 9.03. The molecule has 0 aromatic heterocycles. The van der Waals surface area contributed by atoms with Crippen molar-refractivity contribution < 1.29 is 5.11 Å². The number of hydrogen-bond donors (Lipinski definition) is 1. The molecule has 0 unspecified atom stereocenters. The summed E-state index contributed by atoms with van der Waals surface area (Å²) in [4.78, 5) is 4.59. The molecular formula is C14H18BrN3O. The summed E-state index contributed by atoms with van der Waals surface area (Å²) in [6.07, 6.45) is 1.08. The van der Waals surface area contributed by atoms with E-state index in [2.05, 4.69) is 37.9 Å². The van der Waals surface area contributed by atoms with E-state index in [4.69, 9.17) is 10.4 Å². The minimum Gasteiger partial charge on any atom is -0.395 e. The lowest BCUT2D eigenvalue weighted by molar-refractivity contribution is 0.204. The van der Waals surface area contributed by atoms with E-state index in [1.807, 2.05) is 12.1 Å². The quantitative estimate of drug-likeness (QED) is 0.922. The van der Waals surface area contributed by atoms with Crippen LogP contribution in [0.2, 0.25) is 0 Å². The van der Waals surface area contributed by atoms with Gasteiger partial charge in [-0.3, -0.25) is 4.90 Å². The molecule has 0 bridgehead atoms. The number of aliphatic hydroxyl groups is 1. The molecule has 1 N–H and O–H groups in total. The third-order valence-corrected chi connectivity index (χ3v) is 3.84. The van der Waals surface area contributed by atoms with Crippen LogP contribution in [0.15, 0.2) is 22.7 Å². The van der Waals surface area contributed by atoms with Gasteiger partial charge in [0.05, 0.1) is 18.2 Å². The fraction of sp³-hybridized carbons (Fsp3) is 0.500. The van der Waals surface area contributed by atoms with Crippen molar-refractivity contribution >= 4 is 21.6 Å². The third-order valence-electron chi connectivity index (χ3n) is 3.38. The Balaban J connectivity index is 2.10. The highest BCUT2D eigenvalue weighted by molar-refractivity contribution is 9.10. The monoisotopic (exact) mass is 323 g/mol. The number of nitrogens with zero attached hydrogens (tertiary/aromatic N) is 3. The van der Waals surface area contributed by atoms with Gasteiger partial charge >= 0.3 is 0 Å². The van der Waals surface area contributed by atoms with Crippen LogP contribution in [0, 0.1) is 11.3 Å². The number of nitriles is 1. The highest BCUT2D eigenvalue weighted by Crippen LogP contribution is 2.23. The summed E-state index contributed by atoms with van der Waals surface area (Å²) in [5.41, 5.74) is 1.78. The molecule has 0 radical (unpaired) electrons. The predicted octanol–water partition coefficient (Wildman–Crippen LogP) is 1.83. The highest BCUT2D eigenvalue weighted by Gasteiger charge is 2.15. The summed E-state index contributed by atoms with van der Waals surface area (Å²) in [6, 6.07) is 8.02. The molecule has 0 spiro atoms. The van der Waals surface area contributed by atoms with Crippen molar-refractivity contribution in [3.63, 3.8) is 0 Å². The summed E-state index contributed by atoms with van der Waals surface area (Å²) in [6.45, 7) is 4.86. The molecule has 0 saturated carbocycles. The standard InChI is InChI=1S/C14H18BrN3O/c15-13-8-12(11-16)9-14(10-13)18-3-1-2-17(4-5-18)6-7-19/h8-10,19H,1-7H2. The van der Waals surface area contributed by atoms with Crippen molar-refractivity contribution in [2.24, 2.45) is 0 Å². The van der Waals surface area contributed by atoms with Crippen LogP contribution >= 0.6 is 15.9 Å². The summed E-state index contributed by atoms with van der Waals surface area (Å²) in [5.74, 6) is 0. The number of aliphatic hydroxyl groups excluding tert-OH is 1. The Morgan fingerprint density at radius 1 is 1.21 bits per heavy atom. The molecule has 5 heteroatoms. The number of rotatable bonds is 3. The van der Waals surface area contributed by atoms with Crippen LogP contribution in [0.1, 0.15) is 12.0 Å². The third kappa shape index (κ3) is 3.93. The molecule has 19 heavy (non-hydrogen) atoms. The molecule has 2 rings (SSSR count). The van der Waals surface area contributed by atoms with Gasteiger partial charge in [0.15, 0.2) is 0 Å². The Hall–Kier alpha value is -1.09. The molecule has 1 aliphatic rings. The number of halogens is 1. The number of anilines is 1. The summed E-state index contributed by atoms with van der Waals surface area (Å²) < 4.78 is 0.943. The minimum atomic E-state index is 0.218. The Labute approximate surface area is 122 Å². The second-order valence-electron chi connectivity index (χ2n) is 4.72. The Kier molecular flexibility index (Phi) is 5.20. The Morgan fingerprint density at radius 3 is 2.79 bits per heavy atom. The zero-order valence-corrected chi connectivity index (χ0v) is 12.4. The van der Waals surface area contributed by atoms with Crippen LogP contribution in [-0.4, -0.2) is 49.3 Å². The smallest absolute Gasteiger partial charge is 0.0992 e. The van der Waals surface area contributed by atoms with E-state index >= 15 is 0 Å². The average Bonchev–Trinajstić information content (AvgIpc) is 2.64. The van der Waals surface area contributed by atoms with E-state index in [0.29, 0.717) is 5.56 Å². The molecule has 0 atom stereocenters. The van der Waals surface area contributed by atoms with Gasteiger partial charge in [0.2, 0.25) is 0 Å².